The van der Waals surface area contributed by atoms with E-state index in [-0.39, 0.29) is 55.1 Å². The Kier molecular flexibility index (Phi) is 16.8. The average Bonchev–Trinajstić information content (AvgIpc) is 4.05. The number of benzene rings is 4. The summed E-state index contributed by atoms with van der Waals surface area (Å²) in [5.74, 6) is 0.857. The third-order valence-electron chi connectivity index (χ3n) is 13.1. The van der Waals surface area contributed by atoms with Gasteiger partial charge in [-0.1, -0.05) is 93.6 Å². The zero-order valence-corrected chi connectivity index (χ0v) is 45.3. The summed E-state index contributed by atoms with van der Waals surface area (Å²) >= 11 is 0. The van der Waals surface area contributed by atoms with Crippen LogP contribution in [-0.4, -0.2) is 111 Å². The second kappa shape index (κ2) is 22.4. The van der Waals surface area contributed by atoms with E-state index in [4.69, 9.17) is 13.9 Å². The Labute approximate surface area is 425 Å². The van der Waals surface area contributed by atoms with Crippen LogP contribution in [0, 0.1) is 0 Å². The number of nitrogens with zero attached hydrogens (tertiary/aromatic N) is 7. The number of imidazole rings is 1. The molecule has 1 atom stereocenters. The van der Waals surface area contributed by atoms with Crippen molar-refractivity contribution in [3.63, 3.8) is 0 Å². The zero-order valence-electron chi connectivity index (χ0n) is 42.6. The molecule has 18 nitrogen and oxygen atoms in total. The Balaban J connectivity index is 1.42. The van der Waals surface area contributed by atoms with Crippen LogP contribution in [-0.2, 0) is 48.8 Å². The number of hydrogen-bond donors (Lipinski definition) is 3. The van der Waals surface area contributed by atoms with Gasteiger partial charge in [0.05, 0.1) is 31.6 Å². The number of tetrazole rings is 1. The number of aromatic amines is 1. The minimum atomic E-state index is -4.85. The van der Waals surface area contributed by atoms with Crippen LogP contribution in [0.5, 0.6) is 5.75 Å². The maximum atomic E-state index is 16.3. The van der Waals surface area contributed by atoms with Gasteiger partial charge in [0.15, 0.2) is 14.1 Å². The summed E-state index contributed by atoms with van der Waals surface area (Å²) in [7, 11) is -10.6. The smallest absolute Gasteiger partial charge is 0.407 e. The van der Waals surface area contributed by atoms with Crippen LogP contribution in [0.1, 0.15) is 82.7 Å². The number of ether oxygens (including phenoxy) is 2. The number of aromatic nitrogens is 6. The fraction of sp³-hybridized carbons (Fsp3) is 0.431. The summed E-state index contributed by atoms with van der Waals surface area (Å²) in [5, 5.41) is 15.5. The molecule has 0 aliphatic carbocycles. The number of sulfonamides is 2. The SMILES string of the molecule is COc1ccc(Cn2nnnc2-c2c(N3CCC(c4cnc[nH]4)CC3)ccc(S(=O)(=O)NC[C@@H](CNC(=O)OC(C)(C)C)O[Si](C)(C)C(C)(C)C)c2S(=O)(=O)N(Cc2ccccc2)Cc2ccccc2)cc1. The van der Waals surface area contributed by atoms with Gasteiger partial charge >= 0.3 is 6.09 Å². The maximum absolute atomic E-state index is 16.3. The lowest BCUT2D eigenvalue weighted by atomic mass is 9.93. The van der Waals surface area contributed by atoms with Gasteiger partial charge in [-0.05, 0) is 103 Å². The Morgan fingerprint density at radius 1 is 0.847 bits per heavy atom. The van der Waals surface area contributed by atoms with E-state index in [1.807, 2.05) is 92.1 Å². The van der Waals surface area contributed by atoms with E-state index < -0.39 is 56.0 Å². The van der Waals surface area contributed by atoms with Crippen LogP contribution < -0.4 is 19.7 Å². The van der Waals surface area contributed by atoms with Crippen molar-refractivity contribution in [2.24, 2.45) is 0 Å². The van der Waals surface area contributed by atoms with Crippen molar-refractivity contribution in [1.82, 2.24) is 44.5 Å². The minimum Gasteiger partial charge on any atom is -0.497 e. The first-order chi connectivity index (χ1) is 34.0. The van der Waals surface area contributed by atoms with Crippen molar-refractivity contribution in [3.8, 4) is 17.1 Å². The molecule has 0 spiro atoms. The molecule has 2 aromatic heterocycles. The predicted molar refractivity (Wildman–Crippen MR) is 279 cm³/mol. The second-order valence-corrected chi connectivity index (χ2v) is 28.9. The number of carbonyl (C=O) groups is 1. The van der Waals surface area contributed by atoms with Gasteiger partial charge in [-0.15, -0.1) is 5.10 Å². The first kappa shape index (κ1) is 53.8. The van der Waals surface area contributed by atoms with Crippen LogP contribution in [0.15, 0.2) is 119 Å². The van der Waals surface area contributed by atoms with Crippen LogP contribution in [0.3, 0.4) is 0 Å². The molecule has 0 bridgehead atoms. The van der Waals surface area contributed by atoms with Crippen LogP contribution >= 0.6 is 0 Å². The standard InChI is InChI=1S/C51H68N10O8S2Si/c1-50(2,3)68-49(62)53-30-42(69-72(8,9)51(4,5)6)31-55-70(63,64)45-25-24-44(59-28-26-40(27-29-59)43-32-52-36-54-43)46(48-56-57-58-61(48)35-39-20-22-41(67-7)23-21-39)47(45)71(65,66)60(33-37-16-12-10-13-17-37)34-38-18-14-11-15-19-38/h10-25,32,36,40,42,55H,26-31,33-35H2,1-9H3,(H,52,54)(H,53,62)/t42-/m1/s1. The Bertz CT molecular complexity index is 2920. The highest BCUT2D eigenvalue weighted by Gasteiger charge is 2.42. The Morgan fingerprint density at radius 2 is 1.47 bits per heavy atom. The highest BCUT2D eigenvalue weighted by Crippen LogP contribution is 2.44. The number of alkyl carbamates (subject to hydrolysis) is 1. The van der Waals surface area contributed by atoms with Gasteiger partial charge in [-0.2, -0.15) is 4.31 Å². The summed E-state index contributed by atoms with van der Waals surface area (Å²) in [5.41, 5.74) is 2.85. The molecule has 72 heavy (non-hydrogen) atoms. The van der Waals surface area contributed by atoms with Gasteiger partial charge in [-0.3, -0.25) is 0 Å². The fourth-order valence-electron chi connectivity index (χ4n) is 8.29. The molecule has 6 aromatic rings. The lowest BCUT2D eigenvalue weighted by molar-refractivity contribution is 0.0498. The lowest BCUT2D eigenvalue weighted by Crippen LogP contribution is -2.51. The normalized spacial score (nSPS) is 14.6. The number of piperidine rings is 1. The van der Waals surface area contributed by atoms with E-state index in [1.165, 1.54) is 15.1 Å². The van der Waals surface area contributed by atoms with E-state index in [1.54, 1.807) is 52.4 Å². The number of rotatable bonds is 20. The van der Waals surface area contributed by atoms with Crippen molar-refractivity contribution >= 4 is 40.1 Å². The molecule has 21 heteroatoms. The van der Waals surface area contributed by atoms with Gasteiger partial charge in [0, 0.05) is 62.8 Å². The number of amides is 1. The average molecular weight is 1040 g/mol. The molecule has 1 saturated heterocycles. The molecule has 386 valence electrons. The number of anilines is 1. The monoisotopic (exact) mass is 1040 g/mol. The first-order valence-electron chi connectivity index (χ1n) is 24.1. The predicted octanol–water partition coefficient (Wildman–Crippen LogP) is 8.09. The molecule has 0 unspecified atom stereocenters. The van der Waals surface area contributed by atoms with E-state index in [0.717, 1.165) is 11.3 Å². The summed E-state index contributed by atoms with van der Waals surface area (Å²) in [6.45, 7) is 15.9. The molecular weight excluding hydrogens is 973 g/mol. The molecule has 0 radical (unpaired) electrons. The first-order valence-corrected chi connectivity index (χ1v) is 29.9. The largest absolute Gasteiger partial charge is 0.497 e. The highest BCUT2D eigenvalue weighted by molar-refractivity contribution is 7.92. The third-order valence-corrected chi connectivity index (χ3v) is 21.1. The van der Waals surface area contributed by atoms with Crippen molar-refractivity contribution < 1.29 is 35.5 Å². The van der Waals surface area contributed by atoms with Gasteiger partial charge in [0.1, 0.15) is 21.1 Å². The number of H-pyrrole nitrogens is 1. The molecule has 7 rings (SSSR count). The summed E-state index contributed by atoms with van der Waals surface area (Å²) in [6, 6.07) is 28.7. The fourth-order valence-corrected chi connectivity index (χ4v) is 13.1. The van der Waals surface area contributed by atoms with Gasteiger partial charge in [-0.25, -0.2) is 36.0 Å². The maximum Gasteiger partial charge on any atom is 0.407 e. The summed E-state index contributed by atoms with van der Waals surface area (Å²) in [4.78, 5) is 21.5. The van der Waals surface area contributed by atoms with E-state index in [0.29, 0.717) is 48.5 Å². The van der Waals surface area contributed by atoms with E-state index >= 15 is 16.8 Å². The van der Waals surface area contributed by atoms with E-state index in [2.05, 4.69) is 61.2 Å². The summed E-state index contributed by atoms with van der Waals surface area (Å²) in [6.07, 6.45) is 3.29. The van der Waals surface area contributed by atoms with E-state index in [9.17, 15) is 4.79 Å². The number of nitrogens with one attached hydrogen (secondary N) is 3. The van der Waals surface area contributed by atoms with Gasteiger partial charge in [0.25, 0.3) is 0 Å². The van der Waals surface area contributed by atoms with Gasteiger partial charge in [0.2, 0.25) is 20.0 Å². The van der Waals surface area contributed by atoms with Crippen LogP contribution in [0.25, 0.3) is 11.4 Å². The quantitative estimate of drug-likeness (QED) is 0.0617. The van der Waals surface area contributed by atoms with Crippen LogP contribution in [0.2, 0.25) is 18.1 Å². The lowest BCUT2D eigenvalue weighted by Gasteiger charge is -2.39. The highest BCUT2D eigenvalue weighted by atomic mass is 32.2. The number of methoxy groups -OCH3 is 1. The zero-order chi connectivity index (χ0) is 51.9. The van der Waals surface area contributed by atoms with Crippen molar-refractivity contribution in [1.29, 1.82) is 0 Å². The molecule has 3 N–H and O–H groups in total. The van der Waals surface area contributed by atoms with Gasteiger partial charge < -0.3 is 29.1 Å². The molecule has 1 fully saturated rings. The molecule has 0 saturated carbocycles. The van der Waals surface area contributed by atoms with Crippen molar-refractivity contribution in [3.05, 3.63) is 132 Å². The molecule has 3 heterocycles. The molecular formula is C51H68N10O8S2Si. The Hall–Kier alpha value is -5.97. The molecule has 1 amide bonds. The summed E-state index contributed by atoms with van der Waals surface area (Å²) < 4.78 is 86.5. The number of carbonyl (C=O) groups excluding carboxylic acids is 1. The number of hydrogen-bond acceptors (Lipinski definition) is 13. The van der Waals surface area contributed by atoms with Crippen LogP contribution in [0.4, 0.5) is 10.5 Å². The second-order valence-electron chi connectivity index (χ2n) is 20.5. The van der Waals surface area contributed by atoms with Crippen molar-refractivity contribution in [2.45, 2.75) is 120 Å². The third kappa shape index (κ3) is 13.4. The molecule has 1 aliphatic rings. The minimum absolute atomic E-state index is 0.0307. The Morgan fingerprint density at radius 3 is 2.03 bits per heavy atom. The molecule has 1 aliphatic heterocycles. The molecule has 4 aromatic carbocycles. The van der Waals surface area contributed by atoms with Crippen molar-refractivity contribution in [2.75, 3.05) is 38.2 Å². The topological polar surface area (TPSA) is 216 Å².